The summed E-state index contributed by atoms with van der Waals surface area (Å²) < 4.78 is 0. The summed E-state index contributed by atoms with van der Waals surface area (Å²) in [6.45, 7) is 1.86. The zero-order valence-electron chi connectivity index (χ0n) is 14.1. The van der Waals surface area contributed by atoms with Crippen LogP contribution in [0.4, 0.5) is 0 Å². The second kappa shape index (κ2) is 8.62. The molecule has 0 saturated carbocycles. The van der Waals surface area contributed by atoms with Gasteiger partial charge in [0.2, 0.25) is 11.8 Å². The fraction of sp³-hybridized carbons (Fsp3) is 0.300. The lowest BCUT2D eigenvalue weighted by Crippen LogP contribution is -2.42. The van der Waals surface area contributed by atoms with Gasteiger partial charge >= 0.3 is 0 Å². The molecule has 0 aliphatic carbocycles. The number of carbonyl (C=O) groups excluding carboxylic acids is 2. The van der Waals surface area contributed by atoms with Gasteiger partial charge < -0.3 is 10.2 Å². The molecule has 1 aliphatic rings. The monoisotopic (exact) mass is 354 g/mol. The van der Waals surface area contributed by atoms with Gasteiger partial charge in [-0.2, -0.15) is 0 Å². The van der Waals surface area contributed by atoms with Gasteiger partial charge in [0.05, 0.1) is 6.54 Å². The van der Waals surface area contributed by atoms with Crippen LogP contribution in [0.5, 0.6) is 0 Å². The lowest BCUT2D eigenvalue weighted by atomic mass is 9.96. The molecule has 1 aromatic heterocycles. The largest absolute Gasteiger partial charge is 0.351 e. The second-order valence-electron chi connectivity index (χ2n) is 6.14. The Morgan fingerprint density at radius 1 is 1.12 bits per heavy atom. The van der Waals surface area contributed by atoms with Crippen molar-refractivity contribution in [1.82, 2.24) is 10.2 Å². The molecule has 25 heavy (non-hydrogen) atoms. The van der Waals surface area contributed by atoms with Gasteiger partial charge in [0.25, 0.3) is 0 Å². The Kier molecular flexibility index (Phi) is 6.01. The van der Waals surface area contributed by atoms with Gasteiger partial charge in [-0.25, -0.2) is 0 Å². The number of carbonyl (C=O) groups is 2. The Morgan fingerprint density at radius 2 is 1.88 bits per heavy atom. The standard InChI is InChI=1S/C20H22N2O2S/c23-19(9-8-16-5-2-1-3-6-16)22-12-10-17(11-13-22)20(24)21-15-18-7-4-14-25-18/h1-9,14,17H,10-13,15H2,(H,21,24)/b9-8+. The summed E-state index contributed by atoms with van der Waals surface area (Å²) in [6, 6.07) is 13.8. The number of nitrogens with one attached hydrogen (secondary N) is 1. The Hall–Kier alpha value is -2.40. The van der Waals surface area contributed by atoms with Crippen LogP contribution in [0.2, 0.25) is 0 Å². The van der Waals surface area contributed by atoms with Crippen molar-refractivity contribution >= 4 is 29.2 Å². The molecule has 0 radical (unpaired) electrons. The van der Waals surface area contributed by atoms with Crippen LogP contribution in [0.25, 0.3) is 6.08 Å². The molecule has 3 rings (SSSR count). The van der Waals surface area contributed by atoms with Gasteiger partial charge in [-0.05, 0) is 35.9 Å². The van der Waals surface area contributed by atoms with E-state index in [4.69, 9.17) is 0 Å². The third-order valence-electron chi connectivity index (χ3n) is 4.41. The average molecular weight is 354 g/mol. The molecule has 130 valence electrons. The third kappa shape index (κ3) is 5.03. The molecule has 0 bridgehead atoms. The van der Waals surface area contributed by atoms with Crippen LogP contribution in [0.3, 0.4) is 0 Å². The van der Waals surface area contributed by atoms with E-state index in [0.717, 1.165) is 23.3 Å². The number of hydrogen-bond donors (Lipinski definition) is 1. The molecule has 1 fully saturated rings. The van der Waals surface area contributed by atoms with Crippen molar-refractivity contribution < 1.29 is 9.59 Å². The van der Waals surface area contributed by atoms with E-state index in [1.807, 2.05) is 58.8 Å². The molecule has 5 heteroatoms. The minimum absolute atomic E-state index is 0.00196. The summed E-state index contributed by atoms with van der Waals surface area (Å²) in [5, 5.41) is 5.01. The average Bonchev–Trinajstić information content (AvgIpc) is 3.19. The predicted octanol–water partition coefficient (Wildman–Crippen LogP) is 3.32. The minimum atomic E-state index is 0.00196. The molecule has 0 atom stereocenters. The normalized spacial score (nSPS) is 15.4. The van der Waals surface area contributed by atoms with Crippen molar-refractivity contribution in [3.05, 3.63) is 64.4 Å². The van der Waals surface area contributed by atoms with Gasteiger partial charge in [0.15, 0.2) is 0 Å². The second-order valence-corrected chi connectivity index (χ2v) is 7.17. The summed E-state index contributed by atoms with van der Waals surface area (Å²) in [6.07, 6.45) is 4.90. The SMILES string of the molecule is O=C(NCc1cccs1)C1CCN(C(=O)/C=C/c2ccccc2)CC1. The van der Waals surface area contributed by atoms with Crippen molar-refractivity contribution in [2.24, 2.45) is 5.92 Å². The number of amides is 2. The molecule has 2 amide bonds. The molecule has 1 N–H and O–H groups in total. The van der Waals surface area contributed by atoms with E-state index in [9.17, 15) is 9.59 Å². The predicted molar refractivity (Wildman–Crippen MR) is 101 cm³/mol. The van der Waals surface area contributed by atoms with Gasteiger partial charge in [-0.3, -0.25) is 9.59 Å². The first-order chi connectivity index (χ1) is 12.2. The van der Waals surface area contributed by atoms with Crippen LogP contribution in [0, 0.1) is 5.92 Å². The highest BCUT2D eigenvalue weighted by Crippen LogP contribution is 2.18. The van der Waals surface area contributed by atoms with Crippen molar-refractivity contribution in [1.29, 1.82) is 0 Å². The molecule has 2 aromatic rings. The summed E-state index contributed by atoms with van der Waals surface area (Å²) >= 11 is 1.64. The van der Waals surface area contributed by atoms with Crippen LogP contribution in [-0.2, 0) is 16.1 Å². The Bertz CT molecular complexity index is 717. The van der Waals surface area contributed by atoms with Crippen molar-refractivity contribution in [2.75, 3.05) is 13.1 Å². The summed E-state index contributed by atoms with van der Waals surface area (Å²) in [5.74, 6) is 0.115. The number of likely N-dealkylation sites (tertiary alicyclic amines) is 1. The number of thiophene rings is 1. The summed E-state index contributed by atoms with van der Waals surface area (Å²) in [4.78, 5) is 27.5. The Labute approximate surface area is 152 Å². The summed E-state index contributed by atoms with van der Waals surface area (Å²) in [7, 11) is 0. The molecule has 0 unspecified atom stereocenters. The lowest BCUT2D eigenvalue weighted by Gasteiger charge is -2.30. The smallest absolute Gasteiger partial charge is 0.246 e. The van der Waals surface area contributed by atoms with Crippen LogP contribution < -0.4 is 5.32 Å². The van der Waals surface area contributed by atoms with Gasteiger partial charge in [0, 0.05) is 30.0 Å². The zero-order chi connectivity index (χ0) is 17.5. The first-order valence-corrected chi connectivity index (χ1v) is 9.42. The quantitative estimate of drug-likeness (QED) is 0.838. The lowest BCUT2D eigenvalue weighted by molar-refractivity contribution is -0.132. The van der Waals surface area contributed by atoms with E-state index in [-0.39, 0.29) is 17.7 Å². The topological polar surface area (TPSA) is 49.4 Å². The highest BCUT2D eigenvalue weighted by molar-refractivity contribution is 7.09. The molecule has 1 saturated heterocycles. The third-order valence-corrected chi connectivity index (χ3v) is 5.29. The Morgan fingerprint density at radius 3 is 2.56 bits per heavy atom. The van der Waals surface area contributed by atoms with Crippen molar-refractivity contribution in [2.45, 2.75) is 19.4 Å². The fourth-order valence-electron chi connectivity index (χ4n) is 2.93. The molecular formula is C20H22N2O2S. The maximum absolute atomic E-state index is 12.3. The molecule has 2 heterocycles. The maximum atomic E-state index is 12.3. The van der Waals surface area contributed by atoms with Crippen molar-refractivity contribution in [3.8, 4) is 0 Å². The maximum Gasteiger partial charge on any atom is 0.246 e. The highest BCUT2D eigenvalue weighted by atomic mass is 32.1. The number of piperidine rings is 1. The van der Waals surface area contributed by atoms with Gasteiger partial charge in [0.1, 0.15) is 0 Å². The molecule has 1 aliphatic heterocycles. The van der Waals surface area contributed by atoms with E-state index in [0.29, 0.717) is 19.6 Å². The molecule has 4 nitrogen and oxygen atoms in total. The first-order valence-electron chi connectivity index (χ1n) is 8.54. The van der Waals surface area contributed by atoms with Crippen molar-refractivity contribution in [3.63, 3.8) is 0 Å². The van der Waals surface area contributed by atoms with Crippen LogP contribution in [0.1, 0.15) is 23.3 Å². The van der Waals surface area contributed by atoms with E-state index < -0.39 is 0 Å². The van der Waals surface area contributed by atoms with Crippen LogP contribution in [-0.4, -0.2) is 29.8 Å². The number of hydrogen-bond acceptors (Lipinski definition) is 3. The van der Waals surface area contributed by atoms with E-state index in [2.05, 4.69) is 5.32 Å². The number of nitrogens with zero attached hydrogens (tertiary/aromatic N) is 1. The minimum Gasteiger partial charge on any atom is -0.351 e. The zero-order valence-corrected chi connectivity index (χ0v) is 14.9. The highest BCUT2D eigenvalue weighted by Gasteiger charge is 2.26. The molecule has 0 spiro atoms. The Balaban J connectivity index is 1.44. The number of rotatable bonds is 5. The van der Waals surface area contributed by atoms with Gasteiger partial charge in [-0.1, -0.05) is 36.4 Å². The number of benzene rings is 1. The van der Waals surface area contributed by atoms with Crippen LogP contribution in [0.15, 0.2) is 53.9 Å². The van der Waals surface area contributed by atoms with E-state index in [1.54, 1.807) is 17.4 Å². The first kappa shape index (κ1) is 17.4. The molecular weight excluding hydrogens is 332 g/mol. The fourth-order valence-corrected chi connectivity index (χ4v) is 3.58. The van der Waals surface area contributed by atoms with E-state index in [1.165, 1.54) is 0 Å². The van der Waals surface area contributed by atoms with E-state index >= 15 is 0 Å². The molecule has 1 aromatic carbocycles. The van der Waals surface area contributed by atoms with Gasteiger partial charge in [-0.15, -0.1) is 11.3 Å². The summed E-state index contributed by atoms with van der Waals surface area (Å²) in [5.41, 5.74) is 1.01. The van der Waals surface area contributed by atoms with Crippen LogP contribution >= 0.6 is 11.3 Å².